The number of rotatable bonds is 2. The second-order valence-corrected chi connectivity index (χ2v) is 9.17. The number of fused-ring (bicyclic) bond motifs is 3. The van der Waals surface area contributed by atoms with Crippen LogP contribution in [0.3, 0.4) is 0 Å². The molecule has 1 aromatic heterocycles. The molecule has 6 nitrogen and oxygen atoms in total. The first kappa shape index (κ1) is 16.3. The van der Waals surface area contributed by atoms with Crippen LogP contribution in [0.1, 0.15) is 24.0 Å². The highest BCUT2D eigenvalue weighted by molar-refractivity contribution is 7.89. The fraction of sp³-hybridized carbons (Fsp3) is 0.333. The Bertz CT molecular complexity index is 1090. The summed E-state index contributed by atoms with van der Waals surface area (Å²) in [6.07, 6.45) is 1.32. The molecular formula is C18H17N3O3S2. The van der Waals surface area contributed by atoms with E-state index in [1.54, 1.807) is 22.5 Å². The quantitative estimate of drug-likeness (QED) is 0.676. The van der Waals surface area contributed by atoms with Crippen molar-refractivity contribution in [3.05, 3.63) is 53.6 Å². The van der Waals surface area contributed by atoms with Gasteiger partial charge in [-0.05, 0) is 36.1 Å². The molecule has 0 unspecified atom stereocenters. The second kappa shape index (κ2) is 5.82. The fourth-order valence-electron chi connectivity index (χ4n) is 4.01. The Kier molecular flexibility index (Phi) is 3.65. The van der Waals surface area contributed by atoms with Crippen LogP contribution in [0.25, 0.3) is 11.0 Å². The first-order valence-corrected chi connectivity index (χ1v) is 10.7. The summed E-state index contributed by atoms with van der Waals surface area (Å²) >= 11 is 1.03. The van der Waals surface area contributed by atoms with E-state index < -0.39 is 10.0 Å². The van der Waals surface area contributed by atoms with Gasteiger partial charge in [-0.3, -0.25) is 0 Å². The number of hydrogen-bond acceptors (Lipinski definition) is 6. The van der Waals surface area contributed by atoms with Crippen LogP contribution < -0.4 is 0 Å². The van der Waals surface area contributed by atoms with Crippen LogP contribution in [0.4, 0.5) is 0 Å². The number of piperidine rings is 1. The number of hydrogen-bond donors (Lipinski definition) is 0. The van der Waals surface area contributed by atoms with Gasteiger partial charge < -0.3 is 4.74 Å². The van der Waals surface area contributed by atoms with Gasteiger partial charge in [-0.25, -0.2) is 8.42 Å². The van der Waals surface area contributed by atoms with Crippen LogP contribution in [0.15, 0.2) is 47.4 Å². The Hall–Kier alpha value is -1.87. The maximum atomic E-state index is 13.2. The normalized spacial score (nSPS) is 19.8. The van der Waals surface area contributed by atoms with E-state index in [1.807, 2.05) is 12.1 Å². The van der Waals surface area contributed by atoms with Crippen LogP contribution in [-0.2, 0) is 27.0 Å². The average molecular weight is 387 g/mol. The molecule has 2 aliphatic rings. The summed E-state index contributed by atoms with van der Waals surface area (Å²) in [6, 6.07) is 13.4. The van der Waals surface area contributed by atoms with Gasteiger partial charge in [-0.2, -0.15) is 13.1 Å². The van der Waals surface area contributed by atoms with Crippen molar-refractivity contribution in [2.75, 3.05) is 13.1 Å². The molecule has 2 aliphatic heterocycles. The van der Waals surface area contributed by atoms with E-state index in [1.165, 1.54) is 11.1 Å². The van der Waals surface area contributed by atoms with Crippen LogP contribution >= 0.6 is 11.7 Å². The first-order valence-electron chi connectivity index (χ1n) is 8.54. The lowest BCUT2D eigenvalue weighted by atomic mass is 9.84. The number of nitrogens with zero attached hydrogens (tertiary/aromatic N) is 3. The van der Waals surface area contributed by atoms with Crippen LogP contribution in [0.5, 0.6) is 0 Å². The predicted octanol–water partition coefficient (Wildman–Crippen LogP) is 2.90. The Labute approximate surface area is 155 Å². The third-order valence-corrected chi connectivity index (χ3v) is 7.88. The minimum absolute atomic E-state index is 0.243. The molecule has 0 radical (unpaired) electrons. The number of benzene rings is 2. The number of aromatic nitrogens is 2. The molecule has 0 atom stereocenters. The fourth-order valence-corrected chi connectivity index (χ4v) is 6.21. The van der Waals surface area contributed by atoms with Crippen molar-refractivity contribution in [2.45, 2.75) is 29.9 Å². The van der Waals surface area contributed by atoms with Gasteiger partial charge in [-0.1, -0.05) is 30.3 Å². The first-order chi connectivity index (χ1) is 12.6. The van der Waals surface area contributed by atoms with E-state index in [2.05, 4.69) is 20.9 Å². The molecule has 3 aromatic rings. The maximum Gasteiger partial charge on any atom is 0.245 e. The SMILES string of the molecule is O=S(=O)(c1cccc2nsnc12)N1CCC2(CC1)OCc1ccccc12. The van der Waals surface area contributed by atoms with Crippen molar-refractivity contribution in [1.29, 1.82) is 0 Å². The highest BCUT2D eigenvalue weighted by atomic mass is 32.2. The average Bonchev–Trinajstić information content (AvgIpc) is 3.28. The summed E-state index contributed by atoms with van der Waals surface area (Å²) in [4.78, 5) is 0.243. The molecule has 0 amide bonds. The summed E-state index contributed by atoms with van der Waals surface area (Å²) in [5.41, 5.74) is 3.15. The molecule has 26 heavy (non-hydrogen) atoms. The molecule has 2 aromatic carbocycles. The van der Waals surface area contributed by atoms with Gasteiger partial charge in [-0.15, -0.1) is 0 Å². The lowest BCUT2D eigenvalue weighted by Gasteiger charge is -2.38. The van der Waals surface area contributed by atoms with E-state index in [0.717, 1.165) is 11.7 Å². The Balaban J connectivity index is 1.45. The van der Waals surface area contributed by atoms with Gasteiger partial charge in [0.2, 0.25) is 10.0 Å². The number of ether oxygens (including phenoxy) is 1. The monoisotopic (exact) mass is 387 g/mol. The van der Waals surface area contributed by atoms with Crippen molar-refractivity contribution >= 4 is 32.8 Å². The minimum Gasteiger partial charge on any atom is -0.365 e. The summed E-state index contributed by atoms with van der Waals surface area (Å²) in [5, 5.41) is 0. The molecule has 1 saturated heterocycles. The highest BCUT2D eigenvalue weighted by Crippen LogP contribution is 2.44. The molecule has 3 heterocycles. The van der Waals surface area contributed by atoms with Crippen LogP contribution in [0, 0.1) is 0 Å². The minimum atomic E-state index is -3.60. The Morgan fingerprint density at radius 3 is 2.69 bits per heavy atom. The smallest absolute Gasteiger partial charge is 0.245 e. The molecule has 134 valence electrons. The largest absolute Gasteiger partial charge is 0.365 e. The summed E-state index contributed by atoms with van der Waals surface area (Å²) in [5.74, 6) is 0. The Morgan fingerprint density at radius 2 is 1.85 bits per heavy atom. The maximum absolute atomic E-state index is 13.2. The van der Waals surface area contributed by atoms with Crippen molar-refractivity contribution in [1.82, 2.24) is 13.1 Å². The van der Waals surface area contributed by atoms with Gasteiger partial charge in [0.05, 0.1) is 23.9 Å². The molecular weight excluding hydrogens is 370 g/mol. The molecule has 0 N–H and O–H groups in total. The molecule has 0 aliphatic carbocycles. The zero-order valence-corrected chi connectivity index (χ0v) is 15.6. The third-order valence-electron chi connectivity index (χ3n) is 5.41. The second-order valence-electron chi connectivity index (χ2n) is 6.73. The number of sulfonamides is 1. The van der Waals surface area contributed by atoms with Crippen molar-refractivity contribution in [3.8, 4) is 0 Å². The molecule has 1 fully saturated rings. The Morgan fingerprint density at radius 1 is 1.04 bits per heavy atom. The van der Waals surface area contributed by atoms with E-state index in [9.17, 15) is 8.42 Å². The van der Waals surface area contributed by atoms with E-state index >= 15 is 0 Å². The molecule has 0 bridgehead atoms. The van der Waals surface area contributed by atoms with E-state index in [-0.39, 0.29) is 10.5 Å². The molecule has 0 saturated carbocycles. The molecule has 1 spiro atoms. The zero-order valence-electron chi connectivity index (χ0n) is 14.0. The van der Waals surface area contributed by atoms with Gasteiger partial charge in [0, 0.05) is 13.1 Å². The van der Waals surface area contributed by atoms with Crippen molar-refractivity contribution in [2.24, 2.45) is 0 Å². The van der Waals surface area contributed by atoms with E-state index in [0.29, 0.717) is 43.6 Å². The summed E-state index contributed by atoms with van der Waals surface area (Å²) < 4.78 is 42.4. The van der Waals surface area contributed by atoms with Crippen molar-refractivity contribution in [3.63, 3.8) is 0 Å². The highest BCUT2D eigenvalue weighted by Gasteiger charge is 2.44. The van der Waals surface area contributed by atoms with Crippen LogP contribution in [-0.4, -0.2) is 34.6 Å². The molecule has 5 rings (SSSR count). The topological polar surface area (TPSA) is 72.4 Å². The molecule has 8 heteroatoms. The standard InChI is InChI=1S/C18H17N3O3S2/c22-26(23,16-7-3-6-15-17(16)20-25-19-15)21-10-8-18(9-11-21)14-5-2-1-4-13(14)12-24-18/h1-7H,8-12H2. The predicted molar refractivity (Wildman–Crippen MR) is 98.3 cm³/mol. The van der Waals surface area contributed by atoms with Gasteiger partial charge in [0.1, 0.15) is 15.9 Å². The van der Waals surface area contributed by atoms with Gasteiger partial charge in [0.15, 0.2) is 0 Å². The third kappa shape index (κ3) is 2.33. The van der Waals surface area contributed by atoms with Crippen molar-refractivity contribution < 1.29 is 13.2 Å². The zero-order chi connectivity index (χ0) is 17.8. The van der Waals surface area contributed by atoms with Gasteiger partial charge in [0.25, 0.3) is 0 Å². The lowest BCUT2D eigenvalue weighted by Crippen LogP contribution is -2.45. The van der Waals surface area contributed by atoms with Crippen LogP contribution in [0.2, 0.25) is 0 Å². The lowest BCUT2D eigenvalue weighted by molar-refractivity contribution is -0.0688. The summed E-state index contributed by atoms with van der Waals surface area (Å²) in [7, 11) is -3.60. The van der Waals surface area contributed by atoms with E-state index in [4.69, 9.17) is 4.74 Å². The van der Waals surface area contributed by atoms with Gasteiger partial charge >= 0.3 is 0 Å². The summed E-state index contributed by atoms with van der Waals surface area (Å²) in [6.45, 7) is 1.47.